The van der Waals surface area contributed by atoms with Gasteiger partial charge in [-0.3, -0.25) is 0 Å². The highest BCUT2D eigenvalue weighted by molar-refractivity contribution is 6.35. The zero-order valence-corrected chi connectivity index (χ0v) is 17.7. The van der Waals surface area contributed by atoms with Crippen LogP contribution in [0, 0.1) is 6.92 Å². The Morgan fingerprint density at radius 3 is 2.52 bits per heavy atom. The Morgan fingerprint density at radius 2 is 1.85 bits per heavy atom. The van der Waals surface area contributed by atoms with Crippen LogP contribution in [-0.2, 0) is 26.6 Å². The van der Waals surface area contributed by atoms with E-state index in [2.05, 4.69) is 26.0 Å². The first-order valence-corrected chi connectivity index (χ1v) is 10.0. The van der Waals surface area contributed by atoms with Gasteiger partial charge < -0.3 is 14.2 Å². The van der Waals surface area contributed by atoms with Gasteiger partial charge in [0.05, 0.1) is 11.6 Å². The van der Waals surface area contributed by atoms with Gasteiger partial charge >= 0.3 is 0 Å². The third kappa shape index (κ3) is 4.33. The summed E-state index contributed by atoms with van der Waals surface area (Å²) in [5, 5.41) is 1.08. The molecule has 0 aliphatic carbocycles. The highest BCUT2D eigenvalue weighted by Gasteiger charge is 2.56. The Hall–Kier alpha value is -1.10. The molecule has 1 fully saturated rings. The molecule has 27 heavy (non-hydrogen) atoms. The summed E-state index contributed by atoms with van der Waals surface area (Å²) in [4.78, 5) is 0. The summed E-state index contributed by atoms with van der Waals surface area (Å²) in [6.45, 7) is 8.38. The van der Waals surface area contributed by atoms with Gasteiger partial charge in [-0.25, -0.2) is 0 Å². The lowest BCUT2D eigenvalue weighted by molar-refractivity contribution is -0.270. The fraction of sp³-hybridized carbons (Fsp3) is 0.455. The second kappa shape index (κ2) is 8.10. The number of hydrogen-bond acceptors (Lipinski definition) is 3. The van der Waals surface area contributed by atoms with E-state index in [1.165, 1.54) is 5.56 Å². The molecule has 0 bridgehead atoms. The van der Waals surface area contributed by atoms with Crippen LogP contribution in [0.5, 0.6) is 0 Å². The predicted molar refractivity (Wildman–Crippen MR) is 109 cm³/mol. The van der Waals surface area contributed by atoms with Crippen LogP contribution in [0.25, 0.3) is 0 Å². The molecule has 0 spiro atoms. The van der Waals surface area contributed by atoms with E-state index in [1.54, 1.807) is 12.1 Å². The smallest absolute Gasteiger partial charge is 0.226 e. The quantitative estimate of drug-likeness (QED) is 0.536. The summed E-state index contributed by atoms with van der Waals surface area (Å²) in [6, 6.07) is 13.5. The standard InChI is InChI=1S/C22H26Cl2O3/c1-5-8-20-22(27-21(3,4)26-20,18-12-11-17(23)13-19(18)24)25-14-16-10-7-6-9-15(16)2/h6-7,9-13,20H,5,8,14H2,1-4H3. The van der Waals surface area contributed by atoms with E-state index >= 15 is 0 Å². The van der Waals surface area contributed by atoms with Crippen LogP contribution in [0.2, 0.25) is 10.0 Å². The largest absolute Gasteiger partial charge is 0.341 e. The zero-order chi connectivity index (χ0) is 19.7. The fourth-order valence-electron chi connectivity index (χ4n) is 3.54. The van der Waals surface area contributed by atoms with Gasteiger partial charge in [0.15, 0.2) is 5.79 Å². The molecule has 2 unspecified atom stereocenters. The van der Waals surface area contributed by atoms with E-state index in [-0.39, 0.29) is 6.10 Å². The summed E-state index contributed by atoms with van der Waals surface area (Å²) < 4.78 is 19.1. The fourth-order valence-corrected chi connectivity index (χ4v) is 4.08. The average Bonchev–Trinajstić information content (AvgIpc) is 2.85. The molecule has 1 heterocycles. The average molecular weight is 409 g/mol. The van der Waals surface area contributed by atoms with E-state index < -0.39 is 11.6 Å². The minimum Gasteiger partial charge on any atom is -0.341 e. The Labute approximate surface area is 171 Å². The molecule has 0 aromatic heterocycles. The number of hydrogen-bond donors (Lipinski definition) is 0. The van der Waals surface area contributed by atoms with Crippen LogP contribution in [-0.4, -0.2) is 11.9 Å². The van der Waals surface area contributed by atoms with Crippen molar-refractivity contribution in [2.24, 2.45) is 0 Å². The first-order chi connectivity index (χ1) is 12.8. The van der Waals surface area contributed by atoms with E-state index in [9.17, 15) is 0 Å². The maximum absolute atomic E-state index is 6.57. The van der Waals surface area contributed by atoms with Gasteiger partial charge in [-0.1, -0.05) is 66.9 Å². The zero-order valence-electron chi connectivity index (χ0n) is 16.2. The number of aryl methyl sites for hydroxylation is 1. The van der Waals surface area contributed by atoms with Gasteiger partial charge in [-0.2, -0.15) is 0 Å². The van der Waals surface area contributed by atoms with E-state index in [4.69, 9.17) is 37.4 Å². The number of halogens is 2. The van der Waals surface area contributed by atoms with Crippen LogP contribution in [0.15, 0.2) is 42.5 Å². The number of benzene rings is 2. The van der Waals surface area contributed by atoms with Crippen LogP contribution < -0.4 is 0 Å². The van der Waals surface area contributed by atoms with Crippen molar-refractivity contribution in [1.82, 2.24) is 0 Å². The third-order valence-corrected chi connectivity index (χ3v) is 5.36. The second-order valence-electron chi connectivity index (χ2n) is 7.40. The predicted octanol–water partition coefficient (Wildman–Crippen LogP) is 6.62. The molecule has 0 radical (unpaired) electrons. The Bertz CT molecular complexity index is 806. The van der Waals surface area contributed by atoms with Gasteiger partial charge in [-0.15, -0.1) is 0 Å². The van der Waals surface area contributed by atoms with Crippen molar-refractivity contribution in [3.63, 3.8) is 0 Å². The van der Waals surface area contributed by atoms with Gasteiger partial charge in [0.1, 0.15) is 6.10 Å². The molecule has 5 heteroatoms. The Balaban J connectivity index is 2.04. The van der Waals surface area contributed by atoms with Gasteiger partial charge in [0.2, 0.25) is 5.79 Å². The van der Waals surface area contributed by atoms with Crippen LogP contribution in [0.4, 0.5) is 0 Å². The molecule has 2 aromatic carbocycles. The molecule has 1 saturated heterocycles. The maximum atomic E-state index is 6.57. The third-order valence-electron chi connectivity index (χ3n) is 4.81. The first-order valence-electron chi connectivity index (χ1n) is 9.29. The van der Waals surface area contributed by atoms with Crippen molar-refractivity contribution in [2.75, 3.05) is 0 Å². The molecule has 3 nitrogen and oxygen atoms in total. The van der Waals surface area contributed by atoms with Crippen molar-refractivity contribution in [1.29, 1.82) is 0 Å². The van der Waals surface area contributed by atoms with Crippen LogP contribution >= 0.6 is 23.2 Å². The lowest BCUT2D eigenvalue weighted by Crippen LogP contribution is -2.40. The van der Waals surface area contributed by atoms with Crippen molar-refractivity contribution in [3.8, 4) is 0 Å². The van der Waals surface area contributed by atoms with Gasteiger partial charge in [0, 0.05) is 10.6 Å². The first kappa shape index (κ1) is 20.6. The normalized spacial score (nSPS) is 24.3. The molecule has 0 amide bonds. The van der Waals surface area contributed by atoms with Crippen molar-refractivity contribution >= 4 is 23.2 Å². The molecule has 1 aliphatic rings. The molecular formula is C22H26Cl2O3. The highest BCUT2D eigenvalue weighted by Crippen LogP contribution is 2.49. The maximum Gasteiger partial charge on any atom is 0.226 e. The molecular weight excluding hydrogens is 383 g/mol. The summed E-state index contributed by atoms with van der Waals surface area (Å²) in [6.07, 6.45) is 1.45. The molecule has 2 aromatic rings. The SMILES string of the molecule is CCCC1OC(C)(C)OC1(OCc1ccccc1C)c1ccc(Cl)cc1Cl. The summed E-state index contributed by atoms with van der Waals surface area (Å²) >= 11 is 12.7. The molecule has 146 valence electrons. The van der Waals surface area contributed by atoms with E-state index in [1.807, 2.05) is 32.0 Å². The second-order valence-corrected chi connectivity index (χ2v) is 8.25. The van der Waals surface area contributed by atoms with Crippen LogP contribution in [0.1, 0.15) is 50.3 Å². The summed E-state index contributed by atoms with van der Waals surface area (Å²) in [5.41, 5.74) is 3.01. The molecule has 0 N–H and O–H groups in total. The number of rotatable bonds is 6. The molecule has 0 saturated carbocycles. The topological polar surface area (TPSA) is 27.7 Å². The summed E-state index contributed by atoms with van der Waals surface area (Å²) in [7, 11) is 0. The highest BCUT2D eigenvalue weighted by atomic mass is 35.5. The Kier molecular flexibility index (Phi) is 6.19. The monoisotopic (exact) mass is 408 g/mol. The number of ether oxygens (including phenoxy) is 3. The van der Waals surface area contributed by atoms with Crippen molar-refractivity contribution in [3.05, 3.63) is 69.2 Å². The van der Waals surface area contributed by atoms with Gasteiger partial charge in [-0.05, 0) is 50.5 Å². The Morgan fingerprint density at radius 1 is 1.11 bits per heavy atom. The van der Waals surface area contributed by atoms with Crippen molar-refractivity contribution < 1.29 is 14.2 Å². The minimum atomic E-state index is -1.09. The molecule has 3 rings (SSSR count). The molecule has 2 atom stereocenters. The van der Waals surface area contributed by atoms with E-state index in [0.29, 0.717) is 16.7 Å². The van der Waals surface area contributed by atoms with Crippen LogP contribution in [0.3, 0.4) is 0 Å². The van der Waals surface area contributed by atoms with E-state index in [0.717, 1.165) is 24.0 Å². The lowest BCUT2D eigenvalue weighted by atomic mass is 9.96. The minimum absolute atomic E-state index is 0.278. The summed E-state index contributed by atoms with van der Waals surface area (Å²) in [5.74, 6) is -1.88. The van der Waals surface area contributed by atoms with Crippen molar-refractivity contribution in [2.45, 2.75) is 64.8 Å². The molecule has 1 aliphatic heterocycles. The van der Waals surface area contributed by atoms with Gasteiger partial charge in [0.25, 0.3) is 0 Å². The lowest BCUT2D eigenvalue weighted by Gasteiger charge is -2.34.